The monoisotopic (exact) mass is 412 g/mol. The van der Waals surface area contributed by atoms with E-state index in [1.807, 2.05) is 32.0 Å². The quantitative estimate of drug-likeness (QED) is 0.548. The van der Waals surface area contributed by atoms with Gasteiger partial charge in [0.25, 0.3) is 11.6 Å². The van der Waals surface area contributed by atoms with Gasteiger partial charge in [-0.15, -0.1) is 0 Å². The van der Waals surface area contributed by atoms with Gasteiger partial charge in [-0.3, -0.25) is 29.4 Å². The molecule has 0 atom stereocenters. The summed E-state index contributed by atoms with van der Waals surface area (Å²) in [7, 11) is 0. The number of nitro groups is 1. The number of amides is 3. The number of fused-ring (bicyclic) bond motifs is 1. The van der Waals surface area contributed by atoms with Crippen LogP contribution in [-0.2, 0) is 14.4 Å². The van der Waals surface area contributed by atoms with Crippen molar-refractivity contribution < 1.29 is 24.0 Å². The zero-order valence-corrected chi connectivity index (χ0v) is 16.4. The molecule has 0 aromatic heterocycles. The summed E-state index contributed by atoms with van der Waals surface area (Å²) in [6.07, 6.45) is 0. The van der Waals surface area contributed by atoms with Gasteiger partial charge in [-0.1, -0.05) is 18.2 Å². The number of benzene rings is 2. The highest BCUT2D eigenvalue weighted by Crippen LogP contribution is 2.35. The van der Waals surface area contributed by atoms with Crippen LogP contribution in [0.5, 0.6) is 5.75 Å². The Labute approximate surface area is 172 Å². The van der Waals surface area contributed by atoms with Gasteiger partial charge in [0, 0.05) is 17.8 Å². The lowest BCUT2D eigenvalue weighted by molar-refractivity contribution is -0.384. The number of carbonyl (C=O) groups excluding carboxylic acids is 3. The Kier molecular flexibility index (Phi) is 5.95. The predicted octanol–water partition coefficient (Wildman–Crippen LogP) is 1.69. The van der Waals surface area contributed by atoms with E-state index in [-0.39, 0.29) is 30.3 Å². The van der Waals surface area contributed by atoms with E-state index in [1.165, 1.54) is 18.2 Å². The minimum Gasteiger partial charge on any atom is -0.482 e. The Bertz CT molecular complexity index is 1020. The van der Waals surface area contributed by atoms with Crippen molar-refractivity contribution in [1.29, 1.82) is 0 Å². The van der Waals surface area contributed by atoms with E-state index in [0.717, 1.165) is 16.0 Å². The molecule has 0 saturated carbocycles. The first-order chi connectivity index (χ1) is 14.3. The van der Waals surface area contributed by atoms with E-state index < -0.39 is 29.2 Å². The lowest BCUT2D eigenvalue weighted by Gasteiger charge is -2.28. The van der Waals surface area contributed by atoms with Gasteiger partial charge < -0.3 is 15.4 Å². The fraction of sp³-hybridized carbons (Fsp3) is 0.250. The number of non-ortho nitro benzene ring substituents is 1. The van der Waals surface area contributed by atoms with Crippen LogP contribution in [0, 0.1) is 24.0 Å². The maximum atomic E-state index is 12.3. The highest BCUT2D eigenvalue weighted by Gasteiger charge is 2.29. The maximum absolute atomic E-state index is 12.3. The second kappa shape index (κ2) is 8.60. The molecule has 10 nitrogen and oxygen atoms in total. The number of nitrogens with zero attached hydrogens (tertiary/aromatic N) is 2. The van der Waals surface area contributed by atoms with Crippen LogP contribution in [0.4, 0.5) is 17.1 Å². The number of nitrogens with one attached hydrogen (secondary N) is 2. The molecule has 2 N–H and O–H groups in total. The molecule has 0 spiro atoms. The number of rotatable bonds is 6. The summed E-state index contributed by atoms with van der Waals surface area (Å²) >= 11 is 0. The van der Waals surface area contributed by atoms with Gasteiger partial charge in [-0.05, 0) is 31.0 Å². The molecule has 1 heterocycles. The summed E-state index contributed by atoms with van der Waals surface area (Å²) in [5.41, 5.74) is 2.38. The first kappa shape index (κ1) is 20.8. The summed E-state index contributed by atoms with van der Waals surface area (Å²) < 4.78 is 5.26. The standard InChI is InChI=1S/C20H20N4O6/c1-12-4-3-5-13(2)20(12)22-17(25)9-21-18(26)10-23-15-8-14(24(28)29)6-7-16(15)30-11-19(23)27/h3-8H,9-11H2,1-2H3,(H,21,26)(H,22,25). The lowest BCUT2D eigenvalue weighted by Crippen LogP contribution is -2.46. The normalized spacial score (nSPS) is 12.6. The van der Waals surface area contributed by atoms with Crippen LogP contribution in [-0.4, -0.2) is 42.3 Å². The van der Waals surface area contributed by atoms with E-state index in [9.17, 15) is 24.5 Å². The van der Waals surface area contributed by atoms with Gasteiger partial charge in [0.2, 0.25) is 11.8 Å². The largest absolute Gasteiger partial charge is 0.482 e. The topological polar surface area (TPSA) is 131 Å². The molecule has 2 aromatic rings. The smallest absolute Gasteiger partial charge is 0.271 e. The van der Waals surface area contributed by atoms with Crippen LogP contribution < -0.4 is 20.3 Å². The number of para-hydroxylation sites is 1. The lowest BCUT2D eigenvalue weighted by atomic mass is 10.1. The van der Waals surface area contributed by atoms with Crippen molar-refractivity contribution in [2.24, 2.45) is 0 Å². The maximum Gasteiger partial charge on any atom is 0.271 e. The third-order valence-corrected chi connectivity index (χ3v) is 4.59. The molecular formula is C20H20N4O6. The first-order valence-electron chi connectivity index (χ1n) is 9.10. The Hall–Kier alpha value is -3.95. The van der Waals surface area contributed by atoms with Crippen molar-refractivity contribution >= 4 is 34.8 Å². The van der Waals surface area contributed by atoms with Gasteiger partial charge in [-0.25, -0.2) is 0 Å². The molecule has 0 radical (unpaired) electrons. The SMILES string of the molecule is Cc1cccc(C)c1NC(=O)CNC(=O)CN1C(=O)COc2ccc([N+](=O)[O-])cc21. The fourth-order valence-electron chi connectivity index (χ4n) is 3.05. The van der Waals surface area contributed by atoms with E-state index >= 15 is 0 Å². The average molecular weight is 412 g/mol. The summed E-state index contributed by atoms with van der Waals surface area (Å²) in [6.45, 7) is 2.76. The minimum atomic E-state index is -0.602. The van der Waals surface area contributed by atoms with Crippen LogP contribution in [0.2, 0.25) is 0 Å². The third kappa shape index (κ3) is 4.54. The number of hydrogen-bond donors (Lipinski definition) is 2. The van der Waals surface area contributed by atoms with Gasteiger partial charge in [0.05, 0.1) is 17.2 Å². The molecule has 0 fully saturated rings. The first-order valence-corrected chi connectivity index (χ1v) is 9.10. The molecule has 0 unspecified atom stereocenters. The summed E-state index contributed by atoms with van der Waals surface area (Å²) in [5, 5.41) is 16.2. The zero-order valence-electron chi connectivity index (χ0n) is 16.4. The highest BCUT2D eigenvalue weighted by atomic mass is 16.6. The van der Waals surface area contributed by atoms with Gasteiger partial charge in [0.15, 0.2) is 6.61 Å². The van der Waals surface area contributed by atoms with E-state index in [0.29, 0.717) is 5.69 Å². The summed E-state index contributed by atoms with van der Waals surface area (Å²) in [6, 6.07) is 9.41. The molecule has 0 aliphatic carbocycles. The van der Waals surface area contributed by atoms with Crippen molar-refractivity contribution in [2.75, 3.05) is 29.9 Å². The molecule has 1 aliphatic heterocycles. The third-order valence-electron chi connectivity index (χ3n) is 4.59. The van der Waals surface area contributed by atoms with Crippen LogP contribution in [0.3, 0.4) is 0 Å². The number of carbonyl (C=O) groups is 3. The van der Waals surface area contributed by atoms with Gasteiger partial charge in [-0.2, -0.15) is 0 Å². The van der Waals surface area contributed by atoms with Gasteiger partial charge >= 0.3 is 0 Å². The average Bonchev–Trinajstić information content (AvgIpc) is 2.71. The molecule has 3 rings (SSSR count). The number of aryl methyl sites for hydroxylation is 2. The summed E-state index contributed by atoms with van der Waals surface area (Å²) in [4.78, 5) is 48.2. The predicted molar refractivity (Wildman–Crippen MR) is 108 cm³/mol. The fourth-order valence-corrected chi connectivity index (χ4v) is 3.05. The van der Waals surface area contributed by atoms with Crippen LogP contribution in [0.1, 0.15) is 11.1 Å². The molecule has 2 aromatic carbocycles. The number of anilines is 2. The minimum absolute atomic E-state index is 0.135. The van der Waals surface area contributed by atoms with Crippen molar-refractivity contribution in [3.8, 4) is 5.75 Å². The molecular weight excluding hydrogens is 392 g/mol. The van der Waals surface area contributed by atoms with Crippen LogP contribution in [0.25, 0.3) is 0 Å². The van der Waals surface area contributed by atoms with E-state index in [2.05, 4.69) is 10.6 Å². The Morgan fingerprint density at radius 1 is 1.17 bits per heavy atom. The Morgan fingerprint density at radius 3 is 2.53 bits per heavy atom. The van der Waals surface area contributed by atoms with E-state index in [1.54, 1.807) is 0 Å². The van der Waals surface area contributed by atoms with Crippen LogP contribution in [0.15, 0.2) is 36.4 Å². The zero-order chi connectivity index (χ0) is 21.8. The van der Waals surface area contributed by atoms with Crippen molar-refractivity contribution in [2.45, 2.75) is 13.8 Å². The van der Waals surface area contributed by atoms with Crippen molar-refractivity contribution in [3.63, 3.8) is 0 Å². The number of ether oxygens (including phenoxy) is 1. The molecule has 0 saturated heterocycles. The Morgan fingerprint density at radius 2 is 1.87 bits per heavy atom. The molecule has 156 valence electrons. The number of nitro benzene ring substituents is 1. The molecule has 10 heteroatoms. The highest BCUT2D eigenvalue weighted by molar-refractivity contribution is 6.03. The van der Waals surface area contributed by atoms with E-state index in [4.69, 9.17) is 4.74 Å². The summed E-state index contributed by atoms with van der Waals surface area (Å²) in [5.74, 6) is -1.25. The second-order valence-corrected chi connectivity index (χ2v) is 6.77. The molecule has 1 aliphatic rings. The Balaban J connectivity index is 1.64. The number of hydrogen-bond acceptors (Lipinski definition) is 6. The van der Waals surface area contributed by atoms with Crippen molar-refractivity contribution in [3.05, 3.63) is 57.6 Å². The van der Waals surface area contributed by atoms with Gasteiger partial charge in [0.1, 0.15) is 12.3 Å². The molecule has 30 heavy (non-hydrogen) atoms. The van der Waals surface area contributed by atoms with Crippen molar-refractivity contribution in [1.82, 2.24) is 5.32 Å². The van der Waals surface area contributed by atoms with Crippen LogP contribution >= 0.6 is 0 Å². The molecule has 0 bridgehead atoms. The second-order valence-electron chi connectivity index (χ2n) is 6.77. The molecule has 3 amide bonds.